The third kappa shape index (κ3) is 0.929. The largest absolute Gasteiger partial charge is 0.383 e. The first kappa shape index (κ1) is 8.68. The van der Waals surface area contributed by atoms with E-state index >= 15 is 0 Å². The Balaban J connectivity index is 2.20. The molecule has 1 aliphatic carbocycles. The highest BCUT2D eigenvalue weighted by atomic mass is 79.9. The number of fused-ring (bicyclic) bond motifs is 2. The molecule has 2 aliphatic rings. The molecule has 0 saturated heterocycles. The van der Waals surface area contributed by atoms with Crippen LogP contribution in [0.4, 0.5) is 10.1 Å². The van der Waals surface area contributed by atoms with Crippen molar-refractivity contribution in [3.05, 3.63) is 28.0 Å². The Hall–Kier alpha value is -0.610. The van der Waals surface area contributed by atoms with Crippen LogP contribution in [0.25, 0.3) is 0 Å². The van der Waals surface area contributed by atoms with Crippen molar-refractivity contribution in [2.45, 2.75) is 17.9 Å². The van der Waals surface area contributed by atoms with E-state index in [2.05, 4.69) is 21.2 Å². The average molecular weight is 257 g/mol. The molecule has 4 heteroatoms. The van der Waals surface area contributed by atoms with Gasteiger partial charge in [-0.3, -0.25) is 0 Å². The normalized spacial score (nSPS) is 32.9. The van der Waals surface area contributed by atoms with E-state index in [1.165, 1.54) is 6.07 Å². The first-order valence-electron chi connectivity index (χ1n) is 4.62. The number of halogens is 2. The minimum Gasteiger partial charge on any atom is -0.383 e. The molecule has 1 saturated carbocycles. The van der Waals surface area contributed by atoms with E-state index in [9.17, 15) is 4.39 Å². The van der Waals surface area contributed by atoms with Gasteiger partial charge in [-0.2, -0.15) is 0 Å². The van der Waals surface area contributed by atoms with Crippen molar-refractivity contribution in [1.29, 1.82) is 0 Å². The summed E-state index contributed by atoms with van der Waals surface area (Å²) in [5, 5.41) is 3.29. The average Bonchev–Trinajstić information content (AvgIpc) is 2.59. The number of nitrogens with one attached hydrogen (secondary N) is 1. The molecule has 1 aromatic rings. The monoisotopic (exact) mass is 256 g/mol. The molecule has 3 N–H and O–H groups in total. The molecule has 14 heavy (non-hydrogen) atoms. The minimum absolute atomic E-state index is 0.0138. The van der Waals surface area contributed by atoms with Gasteiger partial charge in [0.2, 0.25) is 0 Å². The maximum absolute atomic E-state index is 13.2. The summed E-state index contributed by atoms with van der Waals surface area (Å²) in [5.74, 6) is -0.196. The van der Waals surface area contributed by atoms with Gasteiger partial charge in [-0.1, -0.05) is 0 Å². The van der Waals surface area contributed by atoms with Crippen LogP contribution in [0.1, 0.15) is 12.0 Å². The molecule has 1 fully saturated rings. The van der Waals surface area contributed by atoms with E-state index < -0.39 is 0 Å². The molecule has 0 aromatic heterocycles. The SMILES string of the molecule is NC1CC12CNc1c(Br)cc(F)cc12. The lowest BCUT2D eigenvalue weighted by Gasteiger charge is -2.07. The van der Waals surface area contributed by atoms with E-state index in [0.717, 1.165) is 28.7 Å². The van der Waals surface area contributed by atoms with E-state index in [1.807, 2.05) is 0 Å². The van der Waals surface area contributed by atoms with Crippen LogP contribution in [0.15, 0.2) is 16.6 Å². The zero-order valence-electron chi connectivity index (χ0n) is 7.48. The quantitative estimate of drug-likeness (QED) is 0.745. The van der Waals surface area contributed by atoms with Gasteiger partial charge in [0.1, 0.15) is 5.82 Å². The molecule has 0 radical (unpaired) electrons. The van der Waals surface area contributed by atoms with E-state index in [0.29, 0.717) is 0 Å². The van der Waals surface area contributed by atoms with Crippen molar-refractivity contribution in [3.63, 3.8) is 0 Å². The Morgan fingerprint density at radius 3 is 2.93 bits per heavy atom. The molecule has 3 rings (SSSR count). The van der Waals surface area contributed by atoms with Gasteiger partial charge in [0.25, 0.3) is 0 Å². The first-order valence-corrected chi connectivity index (χ1v) is 5.42. The highest BCUT2D eigenvalue weighted by Crippen LogP contribution is 2.54. The molecule has 1 heterocycles. The molecule has 2 atom stereocenters. The number of anilines is 1. The van der Waals surface area contributed by atoms with Gasteiger partial charge in [-0.25, -0.2) is 4.39 Å². The van der Waals surface area contributed by atoms with Crippen LogP contribution in [-0.4, -0.2) is 12.6 Å². The Bertz CT molecular complexity index is 421. The molecule has 74 valence electrons. The van der Waals surface area contributed by atoms with Crippen molar-refractivity contribution in [2.24, 2.45) is 5.73 Å². The summed E-state index contributed by atoms with van der Waals surface area (Å²) in [4.78, 5) is 0. The predicted octanol–water partition coefficient (Wildman–Crippen LogP) is 1.98. The van der Waals surface area contributed by atoms with Crippen LogP contribution in [0, 0.1) is 5.82 Å². The van der Waals surface area contributed by atoms with Gasteiger partial charge in [-0.05, 0) is 40.0 Å². The van der Waals surface area contributed by atoms with Gasteiger partial charge in [0.15, 0.2) is 0 Å². The van der Waals surface area contributed by atoms with Gasteiger partial charge in [-0.15, -0.1) is 0 Å². The van der Waals surface area contributed by atoms with Crippen LogP contribution >= 0.6 is 15.9 Å². The zero-order valence-corrected chi connectivity index (χ0v) is 9.07. The molecule has 1 spiro atoms. The number of rotatable bonds is 0. The summed E-state index contributed by atoms with van der Waals surface area (Å²) in [7, 11) is 0. The molecule has 1 aromatic carbocycles. The van der Waals surface area contributed by atoms with Gasteiger partial charge in [0, 0.05) is 22.5 Å². The number of benzene rings is 1. The summed E-state index contributed by atoms with van der Waals surface area (Å²) in [5.41, 5.74) is 7.97. The summed E-state index contributed by atoms with van der Waals surface area (Å²) in [6.45, 7) is 0.839. The first-order chi connectivity index (χ1) is 6.63. The standard InChI is InChI=1S/C10H10BrFN2/c11-7-2-5(12)1-6-9(7)14-4-10(6)3-8(10)13/h1-2,8,14H,3-4,13H2. The zero-order chi connectivity index (χ0) is 9.92. The maximum atomic E-state index is 13.2. The minimum atomic E-state index is -0.196. The molecule has 0 amide bonds. The van der Waals surface area contributed by atoms with Crippen LogP contribution in [-0.2, 0) is 5.41 Å². The molecular weight excluding hydrogens is 247 g/mol. The van der Waals surface area contributed by atoms with Crippen molar-refractivity contribution >= 4 is 21.6 Å². The number of hydrogen-bond acceptors (Lipinski definition) is 2. The fourth-order valence-corrected chi connectivity index (χ4v) is 2.91. The Morgan fingerprint density at radius 1 is 1.57 bits per heavy atom. The number of hydrogen-bond donors (Lipinski definition) is 2. The van der Waals surface area contributed by atoms with E-state index in [4.69, 9.17) is 5.73 Å². The van der Waals surface area contributed by atoms with Crippen LogP contribution in [0.5, 0.6) is 0 Å². The maximum Gasteiger partial charge on any atom is 0.124 e. The second-order valence-electron chi connectivity index (χ2n) is 4.13. The van der Waals surface area contributed by atoms with E-state index in [-0.39, 0.29) is 17.3 Å². The van der Waals surface area contributed by atoms with Crippen LogP contribution in [0.3, 0.4) is 0 Å². The Kier molecular flexibility index (Phi) is 1.55. The number of nitrogens with two attached hydrogens (primary N) is 1. The molecule has 2 unspecified atom stereocenters. The van der Waals surface area contributed by atoms with Gasteiger partial charge in [0.05, 0.1) is 5.69 Å². The highest BCUT2D eigenvalue weighted by Gasteiger charge is 2.57. The summed E-state index contributed by atoms with van der Waals surface area (Å²) in [6.07, 6.45) is 0.961. The van der Waals surface area contributed by atoms with Crippen molar-refractivity contribution in [3.8, 4) is 0 Å². The molecule has 0 bridgehead atoms. The van der Waals surface area contributed by atoms with Gasteiger partial charge < -0.3 is 11.1 Å². The fraction of sp³-hybridized carbons (Fsp3) is 0.400. The smallest absolute Gasteiger partial charge is 0.124 e. The van der Waals surface area contributed by atoms with Crippen LogP contribution < -0.4 is 11.1 Å². The molecular formula is C10H10BrFN2. The lowest BCUT2D eigenvalue weighted by atomic mass is 9.97. The predicted molar refractivity (Wildman–Crippen MR) is 56.9 cm³/mol. The topological polar surface area (TPSA) is 38.0 Å². The molecule has 1 aliphatic heterocycles. The second-order valence-corrected chi connectivity index (χ2v) is 4.98. The van der Waals surface area contributed by atoms with Crippen molar-refractivity contribution in [2.75, 3.05) is 11.9 Å². The molecule has 2 nitrogen and oxygen atoms in total. The Morgan fingerprint density at radius 2 is 2.29 bits per heavy atom. The van der Waals surface area contributed by atoms with Crippen molar-refractivity contribution in [1.82, 2.24) is 0 Å². The van der Waals surface area contributed by atoms with Crippen molar-refractivity contribution < 1.29 is 4.39 Å². The van der Waals surface area contributed by atoms with Crippen LogP contribution in [0.2, 0.25) is 0 Å². The fourth-order valence-electron chi connectivity index (χ4n) is 2.33. The van der Waals surface area contributed by atoms with E-state index in [1.54, 1.807) is 6.07 Å². The lowest BCUT2D eigenvalue weighted by Crippen LogP contribution is -2.20. The summed E-state index contributed by atoms with van der Waals surface area (Å²) < 4.78 is 14.0. The van der Waals surface area contributed by atoms with Gasteiger partial charge >= 0.3 is 0 Å². The third-order valence-corrected chi connectivity index (χ3v) is 3.93. The summed E-state index contributed by atoms with van der Waals surface area (Å²) >= 11 is 3.35. The highest BCUT2D eigenvalue weighted by molar-refractivity contribution is 9.10. The lowest BCUT2D eigenvalue weighted by molar-refractivity contribution is 0.620. The second kappa shape index (κ2) is 2.49. The third-order valence-electron chi connectivity index (χ3n) is 3.31. The summed E-state index contributed by atoms with van der Waals surface area (Å²) in [6, 6.07) is 3.27. The Labute approximate surface area is 89.8 Å².